The molecule has 40 heavy (non-hydrogen) atoms. The first-order chi connectivity index (χ1) is 19.0. The van der Waals surface area contributed by atoms with Gasteiger partial charge in [-0.05, 0) is 62.1 Å². The van der Waals surface area contributed by atoms with Crippen molar-refractivity contribution in [3.63, 3.8) is 0 Å². The van der Waals surface area contributed by atoms with Gasteiger partial charge < -0.3 is 28.8 Å². The number of nitrogens with zero attached hydrogens (tertiary/aromatic N) is 3. The number of carbonyl (C=O) groups is 2. The number of rotatable bonds is 6. The predicted molar refractivity (Wildman–Crippen MR) is 147 cm³/mol. The second-order valence-electron chi connectivity index (χ2n) is 10.7. The van der Waals surface area contributed by atoms with Gasteiger partial charge in [0.2, 0.25) is 0 Å². The van der Waals surface area contributed by atoms with E-state index < -0.39 is 35.5 Å². The Hall–Kier alpha value is -4.30. The summed E-state index contributed by atoms with van der Waals surface area (Å²) in [5.41, 5.74) is 2.95. The number of nitrogens with one attached hydrogen (secondary N) is 1. The number of oxazole rings is 1. The SMILES string of the molecule is COc1cc(-c2ccc3oc(=O)n(C)c3c2)ccc1C[C@@H](C#N)NC(=O)[C@@H]1CN(C(=O)OC(C)(C)C)CCCO1. The first kappa shape index (κ1) is 28.7. The molecule has 0 bridgehead atoms. The number of methoxy groups -OCH3 is 1. The molecule has 1 aromatic heterocycles. The van der Waals surface area contributed by atoms with Crippen LogP contribution in [0, 0.1) is 11.3 Å². The Balaban J connectivity index is 1.46. The minimum atomic E-state index is -0.927. The van der Waals surface area contributed by atoms with Gasteiger partial charge in [0.15, 0.2) is 11.7 Å². The number of amides is 2. The number of hydrogen-bond acceptors (Lipinski definition) is 8. The average molecular weight is 551 g/mol. The van der Waals surface area contributed by atoms with Gasteiger partial charge in [-0.15, -0.1) is 0 Å². The standard InChI is InChI=1S/C29H34N4O7/c1-29(2,3)40-28(36)33-11-6-12-38-25(17-33)26(34)31-21(16-30)13-20-8-7-19(15-24(20)37-5)18-9-10-23-22(14-18)32(4)27(35)39-23/h7-10,14-15,21,25H,6,11-13,17H2,1-5H3,(H,31,34)/t21-,25-/m0/s1. The zero-order valence-corrected chi connectivity index (χ0v) is 23.4. The fourth-order valence-corrected chi connectivity index (χ4v) is 4.49. The first-order valence-corrected chi connectivity index (χ1v) is 13.1. The lowest BCUT2D eigenvalue weighted by Gasteiger charge is -2.27. The summed E-state index contributed by atoms with van der Waals surface area (Å²) >= 11 is 0. The van der Waals surface area contributed by atoms with Crippen LogP contribution in [-0.2, 0) is 27.7 Å². The highest BCUT2D eigenvalue weighted by Gasteiger charge is 2.31. The summed E-state index contributed by atoms with van der Waals surface area (Å²) in [7, 11) is 3.18. The Labute approximate surface area is 232 Å². The summed E-state index contributed by atoms with van der Waals surface area (Å²) < 4.78 is 23.4. The van der Waals surface area contributed by atoms with Gasteiger partial charge in [0.25, 0.3) is 5.91 Å². The molecule has 2 heterocycles. The van der Waals surface area contributed by atoms with E-state index in [1.165, 1.54) is 16.6 Å². The summed E-state index contributed by atoms with van der Waals surface area (Å²) in [5, 5.41) is 12.6. The summed E-state index contributed by atoms with van der Waals surface area (Å²) in [4.78, 5) is 38.9. The average Bonchev–Trinajstić information content (AvgIpc) is 3.07. The van der Waals surface area contributed by atoms with Gasteiger partial charge in [0.05, 0.1) is 25.2 Å². The molecule has 0 radical (unpaired) electrons. The lowest BCUT2D eigenvalue weighted by Crippen LogP contribution is -2.48. The van der Waals surface area contributed by atoms with E-state index in [2.05, 4.69) is 11.4 Å². The lowest BCUT2D eigenvalue weighted by molar-refractivity contribution is -0.133. The molecular formula is C29H34N4O7. The Bertz CT molecular complexity index is 1490. The minimum Gasteiger partial charge on any atom is -0.496 e. The number of benzene rings is 2. The van der Waals surface area contributed by atoms with E-state index in [0.717, 1.165) is 16.7 Å². The van der Waals surface area contributed by atoms with E-state index in [-0.39, 0.29) is 13.0 Å². The molecule has 1 aliphatic rings. The second kappa shape index (κ2) is 11.8. The molecular weight excluding hydrogens is 516 g/mol. The van der Waals surface area contributed by atoms with Crippen LogP contribution in [-0.4, -0.2) is 66.0 Å². The largest absolute Gasteiger partial charge is 0.496 e. The zero-order valence-electron chi connectivity index (χ0n) is 23.4. The summed E-state index contributed by atoms with van der Waals surface area (Å²) in [6, 6.07) is 12.3. The van der Waals surface area contributed by atoms with Gasteiger partial charge >= 0.3 is 11.8 Å². The molecule has 3 aromatic rings. The third-order valence-electron chi connectivity index (χ3n) is 6.53. The molecule has 0 aliphatic carbocycles. The van der Waals surface area contributed by atoms with Crippen molar-refractivity contribution in [2.75, 3.05) is 26.8 Å². The van der Waals surface area contributed by atoms with Crippen LogP contribution < -0.4 is 15.8 Å². The van der Waals surface area contributed by atoms with E-state index in [1.54, 1.807) is 33.9 Å². The molecule has 1 N–H and O–H groups in total. The molecule has 1 aliphatic heterocycles. The molecule has 2 atom stereocenters. The monoisotopic (exact) mass is 550 g/mol. The van der Waals surface area contributed by atoms with Crippen LogP contribution in [0.4, 0.5) is 4.79 Å². The Morgan fingerprint density at radius 3 is 2.62 bits per heavy atom. The van der Waals surface area contributed by atoms with Crippen molar-refractivity contribution in [1.82, 2.24) is 14.8 Å². The van der Waals surface area contributed by atoms with Crippen LogP contribution in [0.15, 0.2) is 45.6 Å². The molecule has 4 rings (SSSR count). The molecule has 1 saturated heterocycles. The number of fused-ring (bicyclic) bond motifs is 1. The number of hydrogen-bond donors (Lipinski definition) is 1. The van der Waals surface area contributed by atoms with Crippen molar-refractivity contribution >= 4 is 23.1 Å². The van der Waals surface area contributed by atoms with Crippen molar-refractivity contribution in [2.24, 2.45) is 7.05 Å². The van der Waals surface area contributed by atoms with Crippen LogP contribution in [0.1, 0.15) is 32.8 Å². The van der Waals surface area contributed by atoms with Crippen LogP contribution >= 0.6 is 0 Å². The Morgan fingerprint density at radius 1 is 1.20 bits per heavy atom. The van der Waals surface area contributed by atoms with E-state index in [0.29, 0.717) is 36.4 Å². The lowest BCUT2D eigenvalue weighted by atomic mass is 9.99. The fraction of sp³-hybridized carbons (Fsp3) is 0.448. The molecule has 11 nitrogen and oxygen atoms in total. The molecule has 2 aromatic carbocycles. The molecule has 212 valence electrons. The number of nitriles is 1. The topological polar surface area (TPSA) is 136 Å². The van der Waals surface area contributed by atoms with Crippen molar-refractivity contribution in [1.29, 1.82) is 5.26 Å². The second-order valence-corrected chi connectivity index (χ2v) is 10.7. The zero-order chi connectivity index (χ0) is 29.0. The quantitative estimate of drug-likeness (QED) is 0.493. The minimum absolute atomic E-state index is 0.0313. The highest BCUT2D eigenvalue weighted by molar-refractivity contribution is 5.83. The highest BCUT2D eigenvalue weighted by atomic mass is 16.6. The van der Waals surface area contributed by atoms with E-state index in [9.17, 15) is 19.6 Å². The number of aryl methyl sites for hydroxylation is 1. The first-order valence-electron chi connectivity index (χ1n) is 13.1. The molecule has 11 heteroatoms. The maximum absolute atomic E-state index is 13.1. The van der Waals surface area contributed by atoms with Gasteiger partial charge in [0.1, 0.15) is 17.4 Å². The third kappa shape index (κ3) is 6.63. The number of ether oxygens (including phenoxy) is 3. The Morgan fingerprint density at radius 2 is 1.93 bits per heavy atom. The van der Waals surface area contributed by atoms with E-state index >= 15 is 0 Å². The van der Waals surface area contributed by atoms with Crippen molar-refractivity contribution in [3.8, 4) is 22.9 Å². The maximum Gasteiger partial charge on any atom is 0.419 e. The van der Waals surface area contributed by atoms with Crippen LogP contribution in [0.3, 0.4) is 0 Å². The molecule has 1 fully saturated rings. The predicted octanol–water partition coefficient (Wildman–Crippen LogP) is 3.38. The van der Waals surface area contributed by atoms with Gasteiger partial charge in [-0.2, -0.15) is 5.26 Å². The van der Waals surface area contributed by atoms with Crippen molar-refractivity contribution in [2.45, 2.75) is 51.4 Å². The molecule has 0 saturated carbocycles. The van der Waals surface area contributed by atoms with Gasteiger partial charge in [-0.1, -0.05) is 18.2 Å². The van der Waals surface area contributed by atoms with Crippen LogP contribution in [0.25, 0.3) is 22.2 Å². The van der Waals surface area contributed by atoms with Gasteiger partial charge in [-0.25, -0.2) is 9.59 Å². The molecule has 2 amide bonds. The van der Waals surface area contributed by atoms with Gasteiger partial charge in [0, 0.05) is 26.6 Å². The summed E-state index contributed by atoms with van der Waals surface area (Å²) in [5.74, 6) is -0.358. The third-order valence-corrected chi connectivity index (χ3v) is 6.53. The van der Waals surface area contributed by atoms with Crippen molar-refractivity contribution in [3.05, 3.63) is 52.5 Å². The number of aromatic nitrogens is 1. The van der Waals surface area contributed by atoms with Crippen LogP contribution in [0.5, 0.6) is 5.75 Å². The Kier molecular flexibility index (Phi) is 8.49. The van der Waals surface area contributed by atoms with Crippen LogP contribution in [0.2, 0.25) is 0 Å². The van der Waals surface area contributed by atoms with E-state index in [4.69, 9.17) is 18.6 Å². The molecule has 0 unspecified atom stereocenters. The van der Waals surface area contributed by atoms with Gasteiger partial charge in [-0.3, -0.25) is 9.36 Å². The normalized spacial score (nSPS) is 16.6. The number of carbonyl (C=O) groups excluding carboxylic acids is 2. The molecule has 0 spiro atoms. The highest BCUT2D eigenvalue weighted by Crippen LogP contribution is 2.30. The summed E-state index contributed by atoms with van der Waals surface area (Å²) in [6.45, 7) is 6.09. The van der Waals surface area contributed by atoms with Crippen molar-refractivity contribution < 1.29 is 28.2 Å². The fourth-order valence-electron chi connectivity index (χ4n) is 4.49. The maximum atomic E-state index is 13.1. The smallest absolute Gasteiger partial charge is 0.419 e. The van der Waals surface area contributed by atoms with E-state index in [1.807, 2.05) is 30.3 Å². The summed E-state index contributed by atoms with van der Waals surface area (Å²) in [6.07, 6.45) is -0.669.